The van der Waals surface area contributed by atoms with Crippen molar-refractivity contribution in [3.05, 3.63) is 11.7 Å². The first kappa shape index (κ1) is 11.0. The van der Waals surface area contributed by atoms with Gasteiger partial charge in [-0.15, -0.1) is 0 Å². The van der Waals surface area contributed by atoms with Crippen LogP contribution in [0.3, 0.4) is 0 Å². The molecule has 0 amide bonds. The highest BCUT2D eigenvalue weighted by Gasteiger charge is 2.17. The van der Waals surface area contributed by atoms with E-state index in [1.807, 2.05) is 11.8 Å². The van der Waals surface area contributed by atoms with Gasteiger partial charge in [0.25, 0.3) is 0 Å². The predicted molar refractivity (Wildman–Crippen MR) is 60.9 cm³/mol. The zero-order valence-electron chi connectivity index (χ0n) is 8.82. The third kappa shape index (κ3) is 3.21. The molecule has 2 rings (SSSR count). The lowest BCUT2D eigenvalue weighted by Crippen LogP contribution is -2.12. The van der Waals surface area contributed by atoms with Gasteiger partial charge in [0.05, 0.1) is 0 Å². The summed E-state index contributed by atoms with van der Waals surface area (Å²) in [5, 5.41) is 4.57. The Balaban J connectivity index is 1.86. The van der Waals surface area contributed by atoms with Crippen LogP contribution < -0.4 is 5.73 Å². The van der Waals surface area contributed by atoms with E-state index in [1.54, 1.807) is 0 Å². The Morgan fingerprint density at radius 1 is 1.47 bits per heavy atom. The van der Waals surface area contributed by atoms with Crippen molar-refractivity contribution in [3.63, 3.8) is 0 Å². The van der Waals surface area contributed by atoms with Gasteiger partial charge in [0.15, 0.2) is 5.82 Å². The number of thioether (sulfide) groups is 1. The first-order chi connectivity index (χ1) is 7.38. The van der Waals surface area contributed by atoms with Crippen LogP contribution in [0.25, 0.3) is 0 Å². The molecule has 0 bridgehead atoms. The highest BCUT2D eigenvalue weighted by Crippen LogP contribution is 2.27. The Morgan fingerprint density at radius 2 is 2.40 bits per heavy atom. The highest BCUT2D eigenvalue weighted by atomic mass is 32.2. The van der Waals surface area contributed by atoms with Gasteiger partial charge in [-0.05, 0) is 25.1 Å². The molecule has 0 aliphatic carbocycles. The molecule has 1 aliphatic rings. The smallest absolute Gasteiger partial charge is 0.227 e. The summed E-state index contributed by atoms with van der Waals surface area (Å²) in [4.78, 5) is 4.32. The topological polar surface area (TPSA) is 64.9 Å². The van der Waals surface area contributed by atoms with E-state index in [1.165, 1.54) is 25.0 Å². The zero-order chi connectivity index (χ0) is 10.5. The number of hydrogen-bond donors (Lipinski definition) is 1. The summed E-state index contributed by atoms with van der Waals surface area (Å²) >= 11 is 2.03. The van der Waals surface area contributed by atoms with E-state index in [2.05, 4.69) is 10.1 Å². The van der Waals surface area contributed by atoms with Gasteiger partial charge in [0.2, 0.25) is 5.89 Å². The largest absolute Gasteiger partial charge is 0.339 e. The van der Waals surface area contributed by atoms with Crippen LogP contribution >= 0.6 is 11.8 Å². The van der Waals surface area contributed by atoms with Crippen molar-refractivity contribution >= 4 is 11.8 Å². The van der Waals surface area contributed by atoms with Gasteiger partial charge in [0, 0.05) is 18.1 Å². The Bertz CT molecular complexity index is 297. The monoisotopic (exact) mass is 227 g/mol. The number of nitrogens with two attached hydrogens (primary N) is 1. The average molecular weight is 227 g/mol. The van der Waals surface area contributed by atoms with Gasteiger partial charge in [0.1, 0.15) is 0 Å². The van der Waals surface area contributed by atoms with Crippen LogP contribution in [0.4, 0.5) is 0 Å². The van der Waals surface area contributed by atoms with Crippen molar-refractivity contribution in [1.29, 1.82) is 0 Å². The summed E-state index contributed by atoms with van der Waals surface area (Å²) < 4.78 is 5.19. The third-order valence-corrected chi connectivity index (χ3v) is 3.95. The van der Waals surface area contributed by atoms with Gasteiger partial charge < -0.3 is 10.3 Å². The fourth-order valence-corrected chi connectivity index (χ4v) is 3.06. The minimum Gasteiger partial charge on any atom is -0.339 e. The van der Waals surface area contributed by atoms with Crippen molar-refractivity contribution in [2.24, 2.45) is 5.73 Å². The van der Waals surface area contributed by atoms with E-state index in [0.29, 0.717) is 18.2 Å². The number of hydrogen-bond acceptors (Lipinski definition) is 5. The molecule has 1 aliphatic heterocycles. The zero-order valence-corrected chi connectivity index (χ0v) is 9.63. The summed E-state index contributed by atoms with van der Waals surface area (Å²) in [6, 6.07) is 0. The SMILES string of the molecule is NCCc1noc(CC2CCCCS2)n1. The second-order valence-corrected chi connectivity index (χ2v) is 5.24. The average Bonchev–Trinajstić information content (AvgIpc) is 2.68. The normalized spacial score (nSPS) is 21.8. The second kappa shape index (κ2) is 5.51. The lowest BCUT2D eigenvalue weighted by atomic mass is 10.1. The first-order valence-corrected chi connectivity index (χ1v) is 6.56. The lowest BCUT2D eigenvalue weighted by molar-refractivity contribution is 0.369. The molecule has 2 heterocycles. The highest BCUT2D eigenvalue weighted by molar-refractivity contribution is 7.99. The van der Waals surface area contributed by atoms with E-state index in [0.717, 1.165) is 18.1 Å². The molecule has 1 aromatic rings. The molecule has 0 radical (unpaired) electrons. The van der Waals surface area contributed by atoms with Crippen LogP contribution in [0.1, 0.15) is 31.0 Å². The molecule has 1 atom stereocenters. The van der Waals surface area contributed by atoms with Crippen LogP contribution in [-0.2, 0) is 12.8 Å². The molecule has 4 nitrogen and oxygen atoms in total. The second-order valence-electron chi connectivity index (χ2n) is 3.84. The van der Waals surface area contributed by atoms with Crippen LogP contribution in [0.5, 0.6) is 0 Å². The van der Waals surface area contributed by atoms with Gasteiger partial charge >= 0.3 is 0 Å². The molecule has 15 heavy (non-hydrogen) atoms. The minimum atomic E-state index is 0.581. The van der Waals surface area contributed by atoms with Gasteiger partial charge in [-0.25, -0.2) is 0 Å². The predicted octanol–water partition coefficient (Wildman–Crippen LogP) is 1.40. The van der Waals surface area contributed by atoms with Crippen LogP contribution in [0, 0.1) is 0 Å². The standard InChI is InChI=1S/C10H17N3OS/c11-5-4-9-12-10(14-13-9)7-8-3-1-2-6-15-8/h8H,1-7,11H2. The van der Waals surface area contributed by atoms with Crippen molar-refractivity contribution in [2.45, 2.75) is 37.4 Å². The van der Waals surface area contributed by atoms with Crippen LogP contribution in [0.15, 0.2) is 4.52 Å². The molecule has 1 unspecified atom stereocenters. The Hall–Kier alpha value is -0.550. The molecule has 5 heteroatoms. The molecule has 84 valence electrons. The van der Waals surface area contributed by atoms with E-state index in [4.69, 9.17) is 10.3 Å². The third-order valence-electron chi connectivity index (χ3n) is 2.55. The fourth-order valence-electron chi connectivity index (χ4n) is 1.77. The summed E-state index contributed by atoms with van der Waals surface area (Å²) in [7, 11) is 0. The molecule has 1 fully saturated rings. The van der Waals surface area contributed by atoms with Crippen molar-refractivity contribution in [2.75, 3.05) is 12.3 Å². The number of rotatable bonds is 4. The molecule has 1 aromatic heterocycles. The maximum absolute atomic E-state index is 5.43. The Morgan fingerprint density at radius 3 is 3.13 bits per heavy atom. The van der Waals surface area contributed by atoms with Gasteiger partial charge in [-0.1, -0.05) is 11.6 Å². The summed E-state index contributed by atoms with van der Waals surface area (Å²) in [5.41, 5.74) is 5.43. The molecule has 2 N–H and O–H groups in total. The van der Waals surface area contributed by atoms with Crippen molar-refractivity contribution < 1.29 is 4.52 Å². The lowest BCUT2D eigenvalue weighted by Gasteiger charge is -2.19. The van der Waals surface area contributed by atoms with Crippen molar-refractivity contribution in [3.8, 4) is 0 Å². The molecule has 0 saturated carbocycles. The maximum atomic E-state index is 5.43. The number of nitrogens with zero attached hydrogens (tertiary/aromatic N) is 2. The van der Waals surface area contributed by atoms with Crippen LogP contribution in [0.2, 0.25) is 0 Å². The Kier molecular flexibility index (Phi) is 4.02. The van der Waals surface area contributed by atoms with Crippen LogP contribution in [-0.4, -0.2) is 27.7 Å². The summed E-state index contributed by atoms with van der Waals surface area (Å²) in [5.74, 6) is 2.79. The number of aromatic nitrogens is 2. The Labute approximate surface area is 94.0 Å². The molecule has 0 spiro atoms. The van der Waals surface area contributed by atoms with Gasteiger partial charge in [-0.2, -0.15) is 16.7 Å². The van der Waals surface area contributed by atoms with Crippen molar-refractivity contribution in [1.82, 2.24) is 10.1 Å². The minimum absolute atomic E-state index is 0.581. The first-order valence-electron chi connectivity index (χ1n) is 5.51. The fraction of sp³-hybridized carbons (Fsp3) is 0.800. The quantitative estimate of drug-likeness (QED) is 0.842. The molecular weight excluding hydrogens is 210 g/mol. The molecule has 0 aromatic carbocycles. The van der Waals surface area contributed by atoms with E-state index >= 15 is 0 Å². The summed E-state index contributed by atoms with van der Waals surface area (Å²) in [6.45, 7) is 0.581. The van der Waals surface area contributed by atoms with Gasteiger partial charge in [-0.3, -0.25) is 0 Å². The molecule has 1 saturated heterocycles. The van der Waals surface area contributed by atoms with E-state index in [-0.39, 0.29) is 0 Å². The maximum Gasteiger partial charge on any atom is 0.227 e. The van der Waals surface area contributed by atoms with E-state index in [9.17, 15) is 0 Å². The van der Waals surface area contributed by atoms with E-state index < -0.39 is 0 Å². The summed E-state index contributed by atoms with van der Waals surface area (Å²) in [6.07, 6.45) is 5.59. The molecular formula is C10H17N3OS.